The third kappa shape index (κ3) is 3.49. The van der Waals surface area contributed by atoms with Gasteiger partial charge in [-0.3, -0.25) is 10.2 Å². The van der Waals surface area contributed by atoms with Gasteiger partial charge >= 0.3 is 0 Å². The fourth-order valence-electron chi connectivity index (χ4n) is 8.44. The predicted molar refractivity (Wildman–Crippen MR) is 166 cm³/mol. The van der Waals surface area contributed by atoms with Crippen LogP contribution in [0.2, 0.25) is 0 Å². The molecular weight excluding hydrogens is 516 g/mol. The lowest BCUT2D eigenvalue weighted by Gasteiger charge is -2.35. The van der Waals surface area contributed by atoms with Gasteiger partial charge in [0.15, 0.2) is 0 Å². The minimum Gasteiger partial charge on any atom is -0.489 e. The van der Waals surface area contributed by atoms with Crippen molar-refractivity contribution in [1.29, 1.82) is 0 Å². The SMILES string of the molecule is C1=CCC(N2C(c3ccc(C4=CC5=C(CC4)OC4C=c6c7c(oc6=CC54)C4CC4C=C7)cc3)NC3C=CC=CC32)C=C1. The summed E-state index contributed by atoms with van der Waals surface area (Å²) in [7, 11) is 0. The highest BCUT2D eigenvalue weighted by atomic mass is 16.5. The summed E-state index contributed by atoms with van der Waals surface area (Å²) < 4.78 is 13.0. The first-order valence-corrected chi connectivity index (χ1v) is 15.8. The molecule has 2 fully saturated rings. The molecule has 8 atom stereocenters. The molecule has 8 unspecified atom stereocenters. The minimum atomic E-state index is 0.0715. The molecule has 6 aliphatic carbocycles. The summed E-state index contributed by atoms with van der Waals surface area (Å²) >= 11 is 0. The Bertz CT molecular complexity index is 1840. The van der Waals surface area contributed by atoms with Crippen LogP contribution >= 0.6 is 0 Å². The number of nitrogens with zero attached hydrogens (tertiary/aromatic N) is 1. The Morgan fingerprint density at radius 2 is 1.81 bits per heavy atom. The second kappa shape index (κ2) is 8.82. The molecule has 8 aliphatic rings. The van der Waals surface area contributed by atoms with Crippen molar-refractivity contribution in [2.24, 2.45) is 11.8 Å². The van der Waals surface area contributed by atoms with E-state index in [1.165, 1.54) is 51.0 Å². The molecule has 10 rings (SSSR count). The molecule has 208 valence electrons. The van der Waals surface area contributed by atoms with Crippen LogP contribution in [0.4, 0.5) is 0 Å². The van der Waals surface area contributed by atoms with Crippen molar-refractivity contribution in [3.05, 3.63) is 129 Å². The summed E-state index contributed by atoms with van der Waals surface area (Å²) in [5.41, 5.74) is 7.72. The van der Waals surface area contributed by atoms with Gasteiger partial charge < -0.3 is 9.15 Å². The van der Waals surface area contributed by atoms with E-state index >= 15 is 0 Å². The Morgan fingerprint density at radius 3 is 2.71 bits per heavy atom. The maximum Gasteiger partial charge on any atom is 0.131 e. The molecule has 1 N–H and O–H groups in total. The van der Waals surface area contributed by atoms with Gasteiger partial charge in [0, 0.05) is 52.7 Å². The summed E-state index contributed by atoms with van der Waals surface area (Å²) in [5.74, 6) is 3.88. The van der Waals surface area contributed by atoms with Crippen LogP contribution in [-0.2, 0) is 4.74 Å². The number of hydrogen-bond acceptors (Lipinski definition) is 4. The summed E-state index contributed by atoms with van der Waals surface area (Å²) in [6, 6.07) is 10.4. The molecule has 1 saturated heterocycles. The fourth-order valence-corrected chi connectivity index (χ4v) is 8.44. The second-order valence-corrected chi connectivity index (χ2v) is 13.1. The first-order valence-electron chi connectivity index (χ1n) is 15.8. The van der Waals surface area contributed by atoms with E-state index in [1.807, 2.05) is 0 Å². The first-order chi connectivity index (χ1) is 20.8. The van der Waals surface area contributed by atoms with E-state index in [2.05, 4.69) is 113 Å². The van der Waals surface area contributed by atoms with Crippen LogP contribution in [0.25, 0.3) is 23.8 Å². The highest BCUT2D eigenvalue weighted by Crippen LogP contribution is 2.52. The zero-order valence-corrected chi connectivity index (χ0v) is 23.5. The highest BCUT2D eigenvalue weighted by Gasteiger charge is 2.45. The number of rotatable bonds is 3. The lowest BCUT2D eigenvalue weighted by molar-refractivity contribution is 0.170. The lowest BCUT2D eigenvalue weighted by atomic mass is 9.84. The van der Waals surface area contributed by atoms with Crippen LogP contribution in [0.15, 0.2) is 101 Å². The van der Waals surface area contributed by atoms with Crippen molar-refractivity contribution >= 4 is 23.8 Å². The third-order valence-corrected chi connectivity index (χ3v) is 10.7. The van der Waals surface area contributed by atoms with Crippen LogP contribution in [0, 0.1) is 11.8 Å². The third-order valence-electron chi connectivity index (χ3n) is 10.7. The molecule has 3 heterocycles. The number of hydrogen-bond donors (Lipinski definition) is 1. The molecule has 2 aliphatic heterocycles. The molecule has 4 heteroatoms. The number of allylic oxidation sites excluding steroid dienone is 8. The molecule has 0 amide bonds. The Kier molecular flexibility index (Phi) is 4.97. The number of fused-ring (bicyclic) bond motifs is 8. The van der Waals surface area contributed by atoms with Gasteiger partial charge in [-0.2, -0.15) is 0 Å². The maximum absolute atomic E-state index is 6.56. The van der Waals surface area contributed by atoms with Crippen LogP contribution in [0.1, 0.15) is 60.2 Å². The molecule has 2 aromatic rings. The molecule has 0 radical (unpaired) electrons. The fraction of sp³-hybridized carbons (Fsp3) is 0.316. The maximum atomic E-state index is 6.56. The van der Waals surface area contributed by atoms with Crippen molar-refractivity contribution in [3.63, 3.8) is 0 Å². The zero-order chi connectivity index (χ0) is 27.4. The van der Waals surface area contributed by atoms with E-state index in [-0.39, 0.29) is 18.2 Å². The van der Waals surface area contributed by atoms with Gasteiger partial charge in [0.05, 0.1) is 6.17 Å². The standard InChI is InChI=1S/C38H34N2O2/c1-2-6-26(7-3-1)40-33-9-5-4-8-32(33)39-38(40)23-12-10-22(11-13-23)24-15-17-34-29(18-24)31-21-36-30(20-35(31)41-34)27-16-14-25-19-28(25)37(27)42-36/h1-6,8-14,16,18,20-21,25-26,28,31-33,35,38-39H,7,15,17,19H2. The van der Waals surface area contributed by atoms with E-state index in [9.17, 15) is 0 Å². The molecule has 42 heavy (non-hydrogen) atoms. The van der Waals surface area contributed by atoms with E-state index in [1.54, 1.807) is 0 Å². The largest absolute Gasteiger partial charge is 0.489 e. The van der Waals surface area contributed by atoms with Gasteiger partial charge in [0.2, 0.25) is 0 Å². The number of nitrogens with one attached hydrogen (secondary N) is 1. The van der Waals surface area contributed by atoms with Gasteiger partial charge in [0.25, 0.3) is 0 Å². The highest BCUT2D eigenvalue weighted by molar-refractivity contribution is 5.73. The Labute approximate surface area is 246 Å². The average Bonchev–Trinajstić information content (AvgIpc) is 3.43. The molecule has 1 aromatic heterocycles. The van der Waals surface area contributed by atoms with Crippen LogP contribution in [0.3, 0.4) is 0 Å². The predicted octanol–water partition coefficient (Wildman–Crippen LogP) is 5.78. The smallest absolute Gasteiger partial charge is 0.131 e. The van der Waals surface area contributed by atoms with E-state index in [0.717, 1.165) is 24.7 Å². The average molecular weight is 551 g/mol. The number of furan rings is 1. The summed E-state index contributed by atoms with van der Waals surface area (Å²) in [6.45, 7) is 0. The lowest BCUT2D eigenvalue weighted by Crippen LogP contribution is -2.41. The minimum absolute atomic E-state index is 0.0715. The molecule has 1 saturated carbocycles. The quantitative estimate of drug-likeness (QED) is 0.526. The number of ether oxygens (including phenoxy) is 1. The Hall–Kier alpha value is -3.86. The van der Waals surface area contributed by atoms with Gasteiger partial charge in [-0.1, -0.05) is 91.1 Å². The normalized spacial score (nSPS) is 36.1. The molecule has 0 spiro atoms. The number of benzene rings is 1. The monoisotopic (exact) mass is 550 g/mol. The molecule has 4 nitrogen and oxygen atoms in total. The summed E-state index contributed by atoms with van der Waals surface area (Å²) in [6.07, 6.45) is 34.3. The van der Waals surface area contributed by atoms with Gasteiger partial charge in [0.1, 0.15) is 23.0 Å². The van der Waals surface area contributed by atoms with Crippen LogP contribution in [0.5, 0.6) is 0 Å². The molecular formula is C38H34N2O2. The van der Waals surface area contributed by atoms with Crippen LogP contribution < -0.4 is 16.0 Å². The van der Waals surface area contributed by atoms with E-state index in [0.29, 0.717) is 30.0 Å². The van der Waals surface area contributed by atoms with Gasteiger partial charge in [-0.05, 0) is 54.0 Å². The second-order valence-electron chi connectivity index (χ2n) is 13.1. The van der Waals surface area contributed by atoms with E-state index in [4.69, 9.17) is 9.15 Å². The van der Waals surface area contributed by atoms with E-state index < -0.39 is 0 Å². The Balaban J connectivity index is 0.944. The van der Waals surface area contributed by atoms with Crippen molar-refractivity contribution in [2.75, 3.05) is 0 Å². The molecule has 0 bridgehead atoms. The van der Waals surface area contributed by atoms with Crippen LogP contribution in [-0.4, -0.2) is 29.1 Å². The van der Waals surface area contributed by atoms with Crippen molar-refractivity contribution in [2.45, 2.75) is 62.0 Å². The topological polar surface area (TPSA) is 37.6 Å². The van der Waals surface area contributed by atoms with Gasteiger partial charge in [-0.15, -0.1) is 0 Å². The van der Waals surface area contributed by atoms with Crippen molar-refractivity contribution in [3.8, 4) is 0 Å². The summed E-state index contributed by atoms with van der Waals surface area (Å²) in [4.78, 5) is 2.65. The van der Waals surface area contributed by atoms with Crippen molar-refractivity contribution < 1.29 is 9.15 Å². The molecule has 1 aromatic carbocycles. The first kappa shape index (κ1) is 23.7. The summed E-state index contributed by atoms with van der Waals surface area (Å²) in [5, 5.41) is 5.16. The van der Waals surface area contributed by atoms with Gasteiger partial charge in [-0.25, -0.2) is 0 Å². The Morgan fingerprint density at radius 1 is 0.905 bits per heavy atom. The zero-order valence-electron chi connectivity index (χ0n) is 23.5. The van der Waals surface area contributed by atoms with Crippen molar-refractivity contribution in [1.82, 2.24) is 10.2 Å².